The Bertz CT molecular complexity index is 930. The van der Waals surface area contributed by atoms with E-state index in [9.17, 15) is 4.79 Å². The Labute approximate surface area is 132 Å². The zero-order valence-electron chi connectivity index (χ0n) is 12.6. The van der Waals surface area contributed by atoms with E-state index in [1.54, 1.807) is 6.07 Å². The molecule has 0 saturated heterocycles. The summed E-state index contributed by atoms with van der Waals surface area (Å²) < 4.78 is 11.4. The number of nitrogens with one attached hydrogen (secondary N) is 1. The van der Waals surface area contributed by atoms with Gasteiger partial charge in [0.05, 0.1) is 6.04 Å². The first kappa shape index (κ1) is 13.6. The molecular weight excluding hydrogens is 290 g/mol. The third-order valence-corrected chi connectivity index (χ3v) is 3.87. The zero-order chi connectivity index (χ0) is 15.8. The van der Waals surface area contributed by atoms with E-state index in [1.165, 1.54) is 0 Å². The molecular formula is C19H15NO3. The molecule has 4 nitrogen and oxygen atoms in total. The Balaban J connectivity index is 1.57. The third-order valence-electron chi connectivity index (χ3n) is 3.87. The van der Waals surface area contributed by atoms with Crippen LogP contribution in [0.3, 0.4) is 0 Å². The van der Waals surface area contributed by atoms with E-state index in [1.807, 2.05) is 61.5 Å². The molecule has 0 aliphatic carbocycles. The second kappa shape index (κ2) is 5.32. The van der Waals surface area contributed by atoms with E-state index in [0.29, 0.717) is 11.3 Å². The first-order chi connectivity index (χ1) is 11.2. The molecule has 0 unspecified atom stereocenters. The monoisotopic (exact) mass is 305 g/mol. The van der Waals surface area contributed by atoms with Crippen LogP contribution < -0.4 is 5.32 Å². The predicted molar refractivity (Wildman–Crippen MR) is 88.3 cm³/mol. The summed E-state index contributed by atoms with van der Waals surface area (Å²) in [6.07, 6.45) is 0. The first-order valence-electron chi connectivity index (χ1n) is 7.48. The number of carbonyl (C=O) groups is 1. The molecule has 0 spiro atoms. The number of benzene rings is 2. The lowest BCUT2D eigenvalue weighted by Crippen LogP contribution is -2.25. The molecule has 4 heteroatoms. The van der Waals surface area contributed by atoms with Crippen LogP contribution in [-0.2, 0) is 0 Å². The second-order valence-corrected chi connectivity index (χ2v) is 5.53. The van der Waals surface area contributed by atoms with Crippen molar-refractivity contribution in [1.29, 1.82) is 0 Å². The molecule has 0 aliphatic heterocycles. The van der Waals surface area contributed by atoms with Gasteiger partial charge in [0.2, 0.25) is 0 Å². The van der Waals surface area contributed by atoms with Crippen LogP contribution in [0.2, 0.25) is 0 Å². The standard InChI is InChI=1S/C19H15NO3/c1-12(17-10-13-6-2-4-8-15(13)22-17)20-19(21)18-11-14-7-3-5-9-16(14)23-18/h2-12H,1H3,(H,20,21)/t12-/m0/s1. The summed E-state index contributed by atoms with van der Waals surface area (Å²) in [6.45, 7) is 1.89. The lowest BCUT2D eigenvalue weighted by molar-refractivity contribution is 0.0910. The SMILES string of the molecule is C[C@H](NC(=O)c1cc2ccccc2o1)c1cc2ccccc2o1. The highest BCUT2D eigenvalue weighted by Crippen LogP contribution is 2.24. The summed E-state index contributed by atoms with van der Waals surface area (Å²) in [5.74, 6) is 0.763. The fraction of sp³-hybridized carbons (Fsp3) is 0.105. The van der Waals surface area contributed by atoms with Gasteiger partial charge >= 0.3 is 0 Å². The maximum absolute atomic E-state index is 12.4. The Hall–Kier alpha value is -3.01. The van der Waals surface area contributed by atoms with E-state index in [4.69, 9.17) is 8.83 Å². The van der Waals surface area contributed by atoms with Crippen molar-refractivity contribution in [3.8, 4) is 0 Å². The summed E-state index contributed by atoms with van der Waals surface area (Å²) in [4.78, 5) is 12.4. The van der Waals surface area contributed by atoms with Gasteiger partial charge in [-0.1, -0.05) is 36.4 Å². The van der Waals surface area contributed by atoms with E-state index < -0.39 is 0 Å². The van der Waals surface area contributed by atoms with E-state index >= 15 is 0 Å². The largest absolute Gasteiger partial charge is 0.459 e. The van der Waals surface area contributed by atoms with Crippen LogP contribution in [0.15, 0.2) is 69.5 Å². The minimum atomic E-state index is -0.255. The number of fused-ring (bicyclic) bond motifs is 2. The number of rotatable bonds is 3. The van der Waals surface area contributed by atoms with Gasteiger partial charge in [-0.15, -0.1) is 0 Å². The van der Waals surface area contributed by atoms with Gasteiger partial charge in [0.1, 0.15) is 16.9 Å². The number of carbonyl (C=O) groups excluding carboxylic acids is 1. The van der Waals surface area contributed by atoms with Gasteiger partial charge in [-0.3, -0.25) is 4.79 Å². The van der Waals surface area contributed by atoms with Crippen molar-refractivity contribution in [1.82, 2.24) is 5.32 Å². The minimum Gasteiger partial charge on any atom is -0.459 e. The number of hydrogen-bond donors (Lipinski definition) is 1. The molecule has 0 bridgehead atoms. The molecule has 0 saturated carbocycles. The number of para-hydroxylation sites is 2. The Kier molecular flexibility index (Phi) is 3.15. The normalized spacial score (nSPS) is 12.6. The molecule has 2 aromatic heterocycles. The zero-order valence-corrected chi connectivity index (χ0v) is 12.6. The highest BCUT2D eigenvalue weighted by Gasteiger charge is 2.18. The van der Waals surface area contributed by atoms with Gasteiger partial charge in [-0.25, -0.2) is 0 Å². The second-order valence-electron chi connectivity index (χ2n) is 5.53. The van der Waals surface area contributed by atoms with E-state index in [-0.39, 0.29) is 11.9 Å². The molecule has 2 heterocycles. The first-order valence-corrected chi connectivity index (χ1v) is 7.48. The van der Waals surface area contributed by atoms with Crippen molar-refractivity contribution < 1.29 is 13.6 Å². The van der Waals surface area contributed by atoms with E-state index in [0.717, 1.165) is 22.1 Å². The van der Waals surface area contributed by atoms with Gasteiger partial charge in [-0.2, -0.15) is 0 Å². The Morgan fingerprint density at radius 2 is 1.52 bits per heavy atom. The molecule has 4 rings (SSSR count). The lowest BCUT2D eigenvalue weighted by atomic mass is 10.2. The lowest BCUT2D eigenvalue weighted by Gasteiger charge is -2.09. The van der Waals surface area contributed by atoms with Gasteiger partial charge in [0, 0.05) is 10.8 Å². The highest BCUT2D eigenvalue weighted by molar-refractivity contribution is 5.96. The maximum atomic E-state index is 12.4. The van der Waals surface area contributed by atoms with Crippen molar-refractivity contribution >= 4 is 27.8 Å². The summed E-state index contributed by atoms with van der Waals surface area (Å²) >= 11 is 0. The summed E-state index contributed by atoms with van der Waals surface area (Å²) in [6, 6.07) is 18.8. The van der Waals surface area contributed by atoms with E-state index in [2.05, 4.69) is 5.32 Å². The molecule has 0 radical (unpaired) electrons. The van der Waals surface area contributed by atoms with Crippen LogP contribution >= 0.6 is 0 Å². The molecule has 1 N–H and O–H groups in total. The Morgan fingerprint density at radius 1 is 0.913 bits per heavy atom. The average molecular weight is 305 g/mol. The number of hydrogen-bond acceptors (Lipinski definition) is 3. The van der Waals surface area contributed by atoms with Crippen LogP contribution in [0.4, 0.5) is 0 Å². The van der Waals surface area contributed by atoms with Gasteiger partial charge in [0.15, 0.2) is 5.76 Å². The molecule has 1 atom stereocenters. The van der Waals surface area contributed by atoms with Crippen molar-refractivity contribution in [3.63, 3.8) is 0 Å². The van der Waals surface area contributed by atoms with Crippen LogP contribution in [0.1, 0.15) is 29.3 Å². The van der Waals surface area contributed by atoms with Gasteiger partial charge < -0.3 is 14.2 Å². The molecule has 0 fully saturated rings. The maximum Gasteiger partial charge on any atom is 0.287 e. The molecule has 1 amide bonds. The summed E-state index contributed by atoms with van der Waals surface area (Å²) in [5.41, 5.74) is 1.52. The molecule has 2 aromatic carbocycles. The number of furan rings is 2. The van der Waals surface area contributed by atoms with Crippen molar-refractivity contribution in [2.45, 2.75) is 13.0 Å². The topological polar surface area (TPSA) is 55.4 Å². The van der Waals surface area contributed by atoms with Crippen LogP contribution in [-0.4, -0.2) is 5.91 Å². The smallest absolute Gasteiger partial charge is 0.287 e. The van der Waals surface area contributed by atoms with Crippen LogP contribution in [0, 0.1) is 0 Å². The predicted octanol–water partition coefficient (Wildman–Crippen LogP) is 4.67. The fourth-order valence-electron chi connectivity index (χ4n) is 2.65. The molecule has 4 aromatic rings. The molecule has 114 valence electrons. The highest BCUT2D eigenvalue weighted by atomic mass is 16.3. The van der Waals surface area contributed by atoms with Crippen molar-refractivity contribution in [3.05, 3.63) is 72.2 Å². The fourth-order valence-corrected chi connectivity index (χ4v) is 2.65. The number of amides is 1. The third kappa shape index (κ3) is 2.48. The van der Waals surface area contributed by atoms with Crippen molar-refractivity contribution in [2.75, 3.05) is 0 Å². The van der Waals surface area contributed by atoms with Gasteiger partial charge in [0.25, 0.3) is 5.91 Å². The van der Waals surface area contributed by atoms with Crippen LogP contribution in [0.25, 0.3) is 21.9 Å². The molecule has 0 aliphatic rings. The van der Waals surface area contributed by atoms with Gasteiger partial charge in [-0.05, 0) is 31.2 Å². The van der Waals surface area contributed by atoms with Crippen LogP contribution in [0.5, 0.6) is 0 Å². The average Bonchev–Trinajstić information content (AvgIpc) is 3.18. The van der Waals surface area contributed by atoms with Crippen molar-refractivity contribution in [2.24, 2.45) is 0 Å². The summed E-state index contributed by atoms with van der Waals surface area (Å²) in [7, 11) is 0. The Morgan fingerprint density at radius 3 is 2.17 bits per heavy atom. The summed E-state index contributed by atoms with van der Waals surface area (Å²) in [5, 5.41) is 4.84. The quantitative estimate of drug-likeness (QED) is 0.598. The minimum absolute atomic E-state index is 0.247. The molecule has 23 heavy (non-hydrogen) atoms.